The molecule has 0 amide bonds. The van der Waals surface area contributed by atoms with Crippen molar-refractivity contribution in [3.05, 3.63) is 11.6 Å². The summed E-state index contributed by atoms with van der Waals surface area (Å²) in [6.07, 6.45) is 3.57. The number of hydrogen-bond acceptors (Lipinski definition) is 2. The van der Waals surface area contributed by atoms with Gasteiger partial charge in [-0.15, -0.1) is 0 Å². The fraction of sp³-hybridized carbons (Fsp3) is 0.867. The van der Waals surface area contributed by atoms with Gasteiger partial charge in [-0.25, -0.2) is 0 Å². The Kier molecular flexibility index (Phi) is 3.65. The Morgan fingerprint density at radius 3 is 2.29 bits per heavy atom. The average molecular weight is 238 g/mol. The van der Waals surface area contributed by atoms with Crippen LogP contribution in [-0.4, -0.2) is 19.5 Å². The molecular weight excluding hydrogens is 212 g/mol. The zero-order valence-electron chi connectivity index (χ0n) is 11.8. The van der Waals surface area contributed by atoms with Crippen molar-refractivity contribution in [3.8, 4) is 0 Å². The van der Waals surface area contributed by atoms with Crippen LogP contribution in [0.4, 0.5) is 0 Å². The third-order valence-corrected chi connectivity index (χ3v) is 4.05. The summed E-state index contributed by atoms with van der Waals surface area (Å²) in [6, 6.07) is 0. The maximum atomic E-state index is 5.96. The molecule has 2 heteroatoms. The highest BCUT2D eigenvalue weighted by Crippen LogP contribution is 2.39. The van der Waals surface area contributed by atoms with Crippen LogP contribution in [-0.2, 0) is 9.47 Å². The largest absolute Gasteiger partial charge is 0.352 e. The summed E-state index contributed by atoms with van der Waals surface area (Å²) in [5.74, 6) is 1.72. The van der Waals surface area contributed by atoms with Crippen LogP contribution in [0.5, 0.6) is 0 Å². The lowest BCUT2D eigenvalue weighted by molar-refractivity contribution is -0.254. The number of allylic oxidation sites excluding steroid dienone is 2. The SMILES string of the molecule is CC1=C[C@H](C)[C@H](C2OCC(C)(C)CO2)[C@@H](C)C1. The Morgan fingerprint density at radius 1 is 1.18 bits per heavy atom. The van der Waals surface area contributed by atoms with Gasteiger partial charge in [-0.3, -0.25) is 0 Å². The minimum absolute atomic E-state index is 0.00243. The van der Waals surface area contributed by atoms with Crippen molar-refractivity contribution in [2.75, 3.05) is 13.2 Å². The van der Waals surface area contributed by atoms with E-state index in [0.717, 1.165) is 13.2 Å². The number of ether oxygens (including phenoxy) is 2. The molecule has 1 saturated heterocycles. The van der Waals surface area contributed by atoms with Gasteiger partial charge in [0.15, 0.2) is 6.29 Å². The van der Waals surface area contributed by atoms with Crippen LogP contribution in [0.2, 0.25) is 0 Å². The van der Waals surface area contributed by atoms with Crippen molar-refractivity contribution in [1.29, 1.82) is 0 Å². The van der Waals surface area contributed by atoms with E-state index in [0.29, 0.717) is 17.8 Å². The van der Waals surface area contributed by atoms with Crippen LogP contribution in [0.1, 0.15) is 41.0 Å². The number of hydrogen-bond donors (Lipinski definition) is 0. The highest BCUT2D eigenvalue weighted by Gasteiger charge is 2.39. The minimum Gasteiger partial charge on any atom is -0.352 e. The first-order valence-corrected chi connectivity index (χ1v) is 6.79. The molecule has 0 unspecified atom stereocenters. The molecule has 0 bridgehead atoms. The second kappa shape index (κ2) is 4.74. The van der Waals surface area contributed by atoms with Crippen molar-refractivity contribution < 1.29 is 9.47 Å². The quantitative estimate of drug-likeness (QED) is 0.650. The Bertz CT molecular complexity index is 296. The van der Waals surface area contributed by atoms with Gasteiger partial charge in [0.25, 0.3) is 0 Å². The van der Waals surface area contributed by atoms with E-state index in [2.05, 4.69) is 40.7 Å². The third-order valence-electron chi connectivity index (χ3n) is 4.05. The normalized spacial score (nSPS) is 38.9. The van der Waals surface area contributed by atoms with E-state index in [1.807, 2.05) is 0 Å². The molecule has 17 heavy (non-hydrogen) atoms. The molecule has 1 heterocycles. The summed E-state index contributed by atoms with van der Waals surface area (Å²) in [6.45, 7) is 12.9. The maximum absolute atomic E-state index is 5.96. The average Bonchev–Trinajstić information content (AvgIpc) is 2.19. The van der Waals surface area contributed by atoms with E-state index >= 15 is 0 Å². The lowest BCUT2D eigenvalue weighted by Crippen LogP contribution is -2.45. The molecule has 0 spiro atoms. The van der Waals surface area contributed by atoms with Crippen molar-refractivity contribution >= 4 is 0 Å². The van der Waals surface area contributed by atoms with Gasteiger partial charge in [0, 0.05) is 11.3 Å². The van der Waals surface area contributed by atoms with E-state index in [1.54, 1.807) is 0 Å². The first-order valence-electron chi connectivity index (χ1n) is 6.79. The summed E-state index contributed by atoms with van der Waals surface area (Å²) in [7, 11) is 0. The first kappa shape index (κ1) is 13.1. The molecule has 0 aromatic rings. The molecule has 2 aliphatic rings. The second-order valence-corrected chi connectivity index (χ2v) is 6.79. The van der Waals surface area contributed by atoms with Gasteiger partial charge < -0.3 is 9.47 Å². The van der Waals surface area contributed by atoms with Gasteiger partial charge in [0.1, 0.15) is 0 Å². The summed E-state index contributed by atoms with van der Waals surface area (Å²) < 4.78 is 11.9. The fourth-order valence-corrected chi connectivity index (χ4v) is 3.23. The Morgan fingerprint density at radius 2 is 1.76 bits per heavy atom. The van der Waals surface area contributed by atoms with Crippen LogP contribution >= 0.6 is 0 Å². The lowest BCUT2D eigenvalue weighted by Gasteiger charge is -2.43. The van der Waals surface area contributed by atoms with Crippen molar-refractivity contribution in [1.82, 2.24) is 0 Å². The lowest BCUT2D eigenvalue weighted by atomic mass is 9.74. The molecule has 0 aromatic carbocycles. The monoisotopic (exact) mass is 238 g/mol. The molecule has 0 radical (unpaired) electrons. The van der Waals surface area contributed by atoms with Gasteiger partial charge in [0.2, 0.25) is 0 Å². The smallest absolute Gasteiger partial charge is 0.161 e. The van der Waals surface area contributed by atoms with Gasteiger partial charge >= 0.3 is 0 Å². The van der Waals surface area contributed by atoms with Crippen molar-refractivity contribution in [2.45, 2.75) is 47.3 Å². The fourth-order valence-electron chi connectivity index (χ4n) is 3.23. The van der Waals surface area contributed by atoms with Crippen LogP contribution in [0.25, 0.3) is 0 Å². The molecule has 1 aliphatic heterocycles. The summed E-state index contributed by atoms with van der Waals surface area (Å²) in [5, 5.41) is 0. The predicted molar refractivity (Wildman–Crippen MR) is 69.7 cm³/mol. The molecule has 2 rings (SSSR count). The van der Waals surface area contributed by atoms with E-state index in [-0.39, 0.29) is 11.7 Å². The van der Waals surface area contributed by atoms with Gasteiger partial charge in [-0.05, 0) is 25.2 Å². The Hall–Kier alpha value is -0.340. The molecule has 1 aliphatic carbocycles. The zero-order valence-corrected chi connectivity index (χ0v) is 11.8. The van der Waals surface area contributed by atoms with Crippen LogP contribution < -0.4 is 0 Å². The Labute approximate surface area is 105 Å². The molecule has 2 nitrogen and oxygen atoms in total. The van der Waals surface area contributed by atoms with Crippen LogP contribution in [0.15, 0.2) is 11.6 Å². The van der Waals surface area contributed by atoms with Crippen LogP contribution in [0, 0.1) is 23.2 Å². The molecule has 1 fully saturated rings. The van der Waals surface area contributed by atoms with E-state index < -0.39 is 0 Å². The summed E-state index contributed by atoms with van der Waals surface area (Å²) in [5.41, 5.74) is 1.68. The molecule has 0 aromatic heterocycles. The van der Waals surface area contributed by atoms with E-state index in [9.17, 15) is 0 Å². The highest BCUT2D eigenvalue weighted by atomic mass is 16.7. The molecule has 0 saturated carbocycles. The van der Waals surface area contributed by atoms with Gasteiger partial charge in [-0.1, -0.05) is 39.3 Å². The standard InChI is InChI=1S/C15H26O2/c1-10-6-11(2)13(12(3)7-10)14-16-8-15(4,5)9-17-14/h6,11-14H,7-9H2,1-5H3/t11-,12-,13-/m0/s1. The van der Waals surface area contributed by atoms with Gasteiger partial charge in [-0.2, -0.15) is 0 Å². The Balaban J connectivity index is 2.03. The number of rotatable bonds is 1. The maximum Gasteiger partial charge on any atom is 0.161 e. The van der Waals surface area contributed by atoms with Crippen molar-refractivity contribution in [2.24, 2.45) is 23.2 Å². The van der Waals surface area contributed by atoms with Gasteiger partial charge in [0.05, 0.1) is 13.2 Å². The van der Waals surface area contributed by atoms with Crippen LogP contribution in [0.3, 0.4) is 0 Å². The van der Waals surface area contributed by atoms with E-state index in [4.69, 9.17) is 9.47 Å². The summed E-state index contributed by atoms with van der Waals surface area (Å²) in [4.78, 5) is 0. The molecule has 0 N–H and O–H groups in total. The minimum atomic E-state index is -0.00243. The molecule has 3 atom stereocenters. The third kappa shape index (κ3) is 2.92. The highest BCUT2D eigenvalue weighted by molar-refractivity contribution is 5.08. The second-order valence-electron chi connectivity index (χ2n) is 6.79. The van der Waals surface area contributed by atoms with Crippen molar-refractivity contribution in [3.63, 3.8) is 0 Å². The first-order chi connectivity index (χ1) is 7.89. The summed E-state index contributed by atoms with van der Waals surface area (Å²) >= 11 is 0. The van der Waals surface area contributed by atoms with E-state index in [1.165, 1.54) is 12.0 Å². The molecule has 98 valence electrons. The predicted octanol–water partition coefficient (Wildman–Crippen LogP) is 3.62. The topological polar surface area (TPSA) is 18.5 Å². The zero-order chi connectivity index (χ0) is 12.6. The molecular formula is C15H26O2.